The first-order valence-corrected chi connectivity index (χ1v) is 38.9. The zero-order valence-corrected chi connectivity index (χ0v) is 79.3. The molecule has 0 saturated heterocycles. The molecular formula is C84H203N7O7. The van der Waals surface area contributed by atoms with Crippen molar-refractivity contribution in [2.45, 2.75) is 428 Å². The standard InChI is InChI=1S/7C10H23NO.7C2H6/c2*1-9(2,3)7-12-8-11-10(4,5)6;1-9(2,3)7-11-8-12-10(4,5)6;2*1-9(2,3)7-11-12-8-10(4,5)6;1-9(2,3)7-8-12-11-10(4,5)6;1-9(2,3)7-8-11-12-10(4,5)6;7*1-2/h7*11H,7-8H2,1-6H3;7*1-2H3. The molecule has 7 N–H and O–H groups in total. The summed E-state index contributed by atoms with van der Waals surface area (Å²) in [5, 5.41) is 9.80. The molecular weight excluding hydrogens is 1220 g/mol. The van der Waals surface area contributed by atoms with Gasteiger partial charge >= 0.3 is 0 Å². The van der Waals surface area contributed by atoms with E-state index in [1.807, 2.05) is 118 Å². The van der Waals surface area contributed by atoms with Gasteiger partial charge in [-0.3, -0.25) is 20.8 Å². The van der Waals surface area contributed by atoms with Crippen LogP contribution in [0.15, 0.2) is 0 Å². The summed E-state index contributed by atoms with van der Waals surface area (Å²) in [6, 6.07) is 0. The van der Waals surface area contributed by atoms with Crippen LogP contribution in [0.4, 0.5) is 0 Å². The van der Waals surface area contributed by atoms with Crippen molar-refractivity contribution in [3.05, 3.63) is 0 Å². The molecule has 0 rings (SSSR count). The topological polar surface area (TPSA) is 149 Å². The second kappa shape index (κ2) is 70.7. The number of hydrogen-bond acceptors (Lipinski definition) is 14. The maximum absolute atomic E-state index is 5.51. The maximum Gasteiger partial charge on any atom is 0.0972 e. The highest BCUT2D eigenvalue weighted by molar-refractivity contribution is 4.71. The highest BCUT2D eigenvalue weighted by atomic mass is 16.7. The van der Waals surface area contributed by atoms with Gasteiger partial charge < -0.3 is 28.7 Å². The van der Waals surface area contributed by atoms with Crippen molar-refractivity contribution in [3.63, 3.8) is 0 Å². The van der Waals surface area contributed by atoms with Gasteiger partial charge in [0.25, 0.3) is 0 Å². The fraction of sp³-hybridized carbons (Fsp3) is 1.00. The fourth-order valence-corrected chi connectivity index (χ4v) is 4.33. The van der Waals surface area contributed by atoms with Crippen LogP contribution in [0.2, 0.25) is 0 Å². The van der Waals surface area contributed by atoms with E-state index in [1.54, 1.807) is 0 Å². The molecule has 0 fully saturated rings. The molecule has 0 heterocycles. The highest BCUT2D eigenvalue weighted by Crippen LogP contribution is 2.20. The van der Waals surface area contributed by atoms with Gasteiger partial charge in [0, 0.05) is 42.8 Å². The molecule has 0 spiro atoms. The van der Waals surface area contributed by atoms with Crippen LogP contribution in [0, 0.1) is 48.7 Å². The predicted octanol–water partition coefficient (Wildman–Crippen LogP) is 25.1. The molecule has 98 heavy (non-hydrogen) atoms. The lowest BCUT2D eigenvalue weighted by atomic mass is 9.93. The number of ether oxygens (including phenoxy) is 3. The third-order valence-corrected chi connectivity index (χ3v) is 8.85. The van der Waals surface area contributed by atoms with Gasteiger partial charge in [-0.05, 0) is 165 Å². The molecule has 0 bridgehead atoms. The van der Waals surface area contributed by atoms with Crippen LogP contribution >= 0.6 is 0 Å². The Bertz CT molecular complexity index is 1040. The minimum atomic E-state index is -0.0854. The zero-order valence-electron chi connectivity index (χ0n) is 79.3. The normalized spacial score (nSPS) is 12.0. The van der Waals surface area contributed by atoms with E-state index >= 15 is 0 Å². The second-order valence-electron chi connectivity index (χ2n) is 38.7. The Labute approximate surface area is 625 Å². The third kappa shape index (κ3) is 218. The minimum absolute atomic E-state index is 0.0368. The van der Waals surface area contributed by atoms with Crippen molar-refractivity contribution >= 4 is 0 Å². The summed E-state index contributed by atoms with van der Waals surface area (Å²) in [6.07, 6.45) is 2.21. The van der Waals surface area contributed by atoms with Gasteiger partial charge in [-0.2, -0.15) is 5.48 Å². The van der Waals surface area contributed by atoms with Gasteiger partial charge in [0.1, 0.15) is 0 Å². The Morgan fingerprint density at radius 3 is 0.724 bits per heavy atom. The van der Waals surface area contributed by atoms with Crippen LogP contribution in [0.1, 0.15) is 401 Å². The van der Waals surface area contributed by atoms with Crippen LogP contribution in [-0.4, -0.2) is 107 Å². The van der Waals surface area contributed by atoms with E-state index in [1.165, 1.54) is 0 Å². The van der Waals surface area contributed by atoms with E-state index in [2.05, 4.69) is 308 Å². The van der Waals surface area contributed by atoms with Crippen LogP contribution in [0.5, 0.6) is 0 Å². The largest absolute Gasteiger partial charge is 0.366 e. The molecule has 0 aromatic rings. The zero-order chi connectivity index (χ0) is 82.8. The van der Waals surface area contributed by atoms with Crippen molar-refractivity contribution in [2.75, 3.05) is 79.4 Å². The summed E-state index contributed by atoms with van der Waals surface area (Å²) < 4.78 is 16.4. The number of hydrogen-bond donors (Lipinski definition) is 7. The van der Waals surface area contributed by atoms with E-state index in [0.717, 1.165) is 72.1 Å². The molecule has 14 nitrogen and oxygen atoms in total. The van der Waals surface area contributed by atoms with Crippen molar-refractivity contribution in [1.29, 1.82) is 0 Å². The van der Waals surface area contributed by atoms with E-state index in [0.29, 0.717) is 36.4 Å². The average Bonchev–Trinajstić information content (AvgIpc) is 1.25. The van der Waals surface area contributed by atoms with Crippen LogP contribution in [0.25, 0.3) is 0 Å². The van der Waals surface area contributed by atoms with E-state index in [4.69, 9.17) is 33.6 Å². The smallest absolute Gasteiger partial charge is 0.0972 e. The number of hydroxylamine groups is 4. The molecule has 0 aromatic heterocycles. The first-order valence-electron chi connectivity index (χ1n) is 38.9. The highest BCUT2D eigenvalue weighted by Gasteiger charge is 2.18. The lowest BCUT2D eigenvalue weighted by Gasteiger charge is -2.23. The lowest BCUT2D eigenvalue weighted by Crippen LogP contribution is -2.38. The van der Waals surface area contributed by atoms with Gasteiger partial charge in [-0.1, -0.05) is 284 Å². The lowest BCUT2D eigenvalue weighted by molar-refractivity contribution is -0.0747. The molecule has 0 aromatic carbocycles. The van der Waals surface area contributed by atoms with Gasteiger partial charge in [0.2, 0.25) is 0 Å². The van der Waals surface area contributed by atoms with Crippen LogP contribution in [0.3, 0.4) is 0 Å². The fourth-order valence-electron chi connectivity index (χ4n) is 4.33. The first kappa shape index (κ1) is 130. The van der Waals surface area contributed by atoms with E-state index in [9.17, 15) is 0 Å². The van der Waals surface area contributed by atoms with Gasteiger partial charge in [0.15, 0.2) is 0 Å². The average molecular weight is 1420 g/mol. The Hall–Kier alpha value is -0.560. The summed E-state index contributed by atoms with van der Waals surface area (Å²) in [6.45, 7) is 128. The summed E-state index contributed by atoms with van der Waals surface area (Å²) in [5.74, 6) is 0. The molecule has 0 saturated carbocycles. The molecule has 0 aliphatic heterocycles. The summed E-state index contributed by atoms with van der Waals surface area (Å²) >= 11 is 0. The van der Waals surface area contributed by atoms with Crippen molar-refractivity contribution in [3.8, 4) is 0 Å². The molecule has 0 aliphatic rings. The maximum atomic E-state index is 5.51. The molecule has 14 heteroatoms. The number of rotatable bonds is 21. The van der Waals surface area contributed by atoms with Crippen molar-refractivity contribution < 1.29 is 33.6 Å². The van der Waals surface area contributed by atoms with E-state index in [-0.39, 0.29) is 60.3 Å². The van der Waals surface area contributed by atoms with Crippen molar-refractivity contribution in [2.24, 2.45) is 48.7 Å². The SMILES string of the molecule is CC.CC.CC.CC.CC.CC.CC.CC(C)(C)CCNOC(C)(C)C.CC(C)(C)CCONC(C)(C)C.CC(C)(C)CNCOC(C)(C)C.CC(C)(C)CNOCC(C)(C)C.CC(C)(C)CNOCC(C)(C)C.CC(C)(C)COCNC(C)(C)C.CC(C)(C)COCNC(C)(C)C. The second-order valence-corrected chi connectivity index (χ2v) is 38.7. The molecule has 0 radical (unpaired) electrons. The quantitative estimate of drug-likeness (QED) is 0.0332. The Morgan fingerprint density at radius 1 is 0.245 bits per heavy atom. The molecule has 0 atom stereocenters. The summed E-state index contributed by atoms with van der Waals surface area (Å²) in [4.78, 5) is 21.3. The Kier molecular flexibility index (Phi) is 94.0. The first-order chi connectivity index (χ1) is 43.4. The number of nitrogens with one attached hydrogen (secondary N) is 7. The van der Waals surface area contributed by atoms with E-state index < -0.39 is 0 Å². The van der Waals surface area contributed by atoms with Gasteiger partial charge in [-0.15, -0.1) is 0 Å². The Balaban J connectivity index is -0.0000000678. The van der Waals surface area contributed by atoms with Gasteiger partial charge in [-0.25, -0.2) is 16.4 Å². The monoisotopic (exact) mass is 1420 g/mol. The Morgan fingerprint density at radius 2 is 0.520 bits per heavy atom. The minimum Gasteiger partial charge on any atom is -0.366 e. The third-order valence-electron chi connectivity index (χ3n) is 8.85. The molecule has 616 valence electrons. The molecule has 0 unspecified atom stereocenters. The molecule has 0 aliphatic carbocycles. The van der Waals surface area contributed by atoms with Crippen LogP contribution < -0.4 is 37.9 Å². The molecule has 0 amide bonds. The van der Waals surface area contributed by atoms with Gasteiger partial charge in [0.05, 0.1) is 64.4 Å². The predicted molar refractivity (Wildman–Crippen MR) is 450 cm³/mol. The summed E-state index contributed by atoms with van der Waals surface area (Å²) in [7, 11) is 0. The summed E-state index contributed by atoms with van der Waals surface area (Å²) in [5.41, 5.74) is 14.8. The van der Waals surface area contributed by atoms with Crippen LogP contribution in [-0.2, 0) is 33.6 Å². The van der Waals surface area contributed by atoms with Crippen molar-refractivity contribution in [1.82, 2.24) is 37.9 Å².